The second-order valence-corrected chi connectivity index (χ2v) is 7.89. The first-order chi connectivity index (χ1) is 11.8. The Morgan fingerprint density at radius 1 is 1.28 bits per heavy atom. The lowest BCUT2D eigenvalue weighted by atomic mass is 10.2. The predicted molar refractivity (Wildman–Crippen MR) is 88.4 cm³/mol. The van der Waals surface area contributed by atoms with Crippen LogP contribution in [0.5, 0.6) is 0 Å². The van der Waals surface area contributed by atoms with Crippen LogP contribution in [-0.2, 0) is 14.6 Å². The van der Waals surface area contributed by atoms with Gasteiger partial charge in [0, 0.05) is 19.0 Å². The minimum atomic E-state index is -3.46. The van der Waals surface area contributed by atoms with Crippen LogP contribution in [0.4, 0.5) is 0 Å². The molecule has 0 unspecified atom stereocenters. The highest BCUT2D eigenvalue weighted by atomic mass is 32.2. The molecule has 0 bridgehead atoms. The number of aromatic nitrogens is 2. The number of nitrogens with zero attached hydrogens (tertiary/aromatic N) is 3. The van der Waals surface area contributed by atoms with Gasteiger partial charge in [-0.05, 0) is 25.0 Å². The van der Waals surface area contributed by atoms with Crippen molar-refractivity contribution in [2.45, 2.75) is 23.8 Å². The highest BCUT2D eigenvalue weighted by Gasteiger charge is 2.34. The van der Waals surface area contributed by atoms with Gasteiger partial charge in [-0.3, -0.25) is 4.79 Å². The summed E-state index contributed by atoms with van der Waals surface area (Å²) in [6.45, 7) is 0.376. The van der Waals surface area contributed by atoms with Crippen LogP contribution in [0.1, 0.15) is 23.2 Å². The number of carbonyl (C=O) groups excluding carboxylic acids is 1. The van der Waals surface area contributed by atoms with Gasteiger partial charge in [-0.15, -0.1) is 0 Å². The summed E-state index contributed by atoms with van der Waals surface area (Å²) < 4.78 is 25.1. The van der Waals surface area contributed by atoms with Crippen molar-refractivity contribution in [1.82, 2.24) is 14.7 Å². The third-order valence-electron chi connectivity index (χ3n) is 4.14. The maximum absolute atomic E-state index is 12.6. The average molecular weight is 363 g/mol. The Balaban J connectivity index is 1.94. The van der Waals surface area contributed by atoms with Gasteiger partial charge < -0.3 is 10.0 Å². The molecule has 1 aromatic heterocycles. The molecule has 9 heteroatoms. The number of amides is 1. The highest BCUT2D eigenvalue weighted by molar-refractivity contribution is 7.90. The lowest BCUT2D eigenvalue weighted by Crippen LogP contribution is -2.40. The summed E-state index contributed by atoms with van der Waals surface area (Å²) in [6.07, 6.45) is 4.89. The minimum Gasteiger partial charge on any atom is -0.480 e. The molecule has 3 rings (SSSR count). The van der Waals surface area contributed by atoms with Crippen molar-refractivity contribution in [2.24, 2.45) is 0 Å². The minimum absolute atomic E-state index is 0.0988. The van der Waals surface area contributed by atoms with Crippen molar-refractivity contribution in [3.8, 4) is 5.69 Å². The highest BCUT2D eigenvalue weighted by Crippen LogP contribution is 2.22. The first-order valence-electron chi connectivity index (χ1n) is 7.67. The Hall–Kier alpha value is -2.68. The number of sulfone groups is 1. The van der Waals surface area contributed by atoms with Crippen LogP contribution in [0, 0.1) is 0 Å². The first-order valence-corrected chi connectivity index (χ1v) is 9.56. The Labute approximate surface area is 144 Å². The molecule has 0 radical (unpaired) electrons. The molecule has 25 heavy (non-hydrogen) atoms. The van der Waals surface area contributed by atoms with Crippen molar-refractivity contribution in [2.75, 3.05) is 12.8 Å². The van der Waals surface area contributed by atoms with E-state index in [0.717, 1.165) is 6.26 Å². The predicted octanol–water partition coefficient (Wildman–Crippen LogP) is 0.965. The Kier molecular flexibility index (Phi) is 4.34. The van der Waals surface area contributed by atoms with Gasteiger partial charge in [0.05, 0.1) is 22.3 Å². The quantitative estimate of drug-likeness (QED) is 0.867. The summed E-state index contributed by atoms with van der Waals surface area (Å²) in [5.41, 5.74) is 0.553. The van der Waals surface area contributed by atoms with E-state index in [1.54, 1.807) is 18.2 Å². The van der Waals surface area contributed by atoms with E-state index in [1.165, 1.54) is 28.0 Å². The van der Waals surface area contributed by atoms with Crippen molar-refractivity contribution >= 4 is 21.7 Å². The van der Waals surface area contributed by atoms with Gasteiger partial charge in [-0.2, -0.15) is 5.10 Å². The average Bonchev–Trinajstić information content (AvgIpc) is 3.23. The lowest BCUT2D eigenvalue weighted by Gasteiger charge is -2.20. The second-order valence-electron chi connectivity index (χ2n) is 5.91. The SMILES string of the molecule is CS(=O)(=O)c1ccccc1-n1cc(C(=O)N2CCC[C@@H]2C(=O)O)cn1. The number of carboxylic acids is 1. The normalized spacial score (nSPS) is 17.6. The smallest absolute Gasteiger partial charge is 0.326 e. The fourth-order valence-corrected chi connectivity index (χ4v) is 3.82. The molecule has 0 saturated carbocycles. The fraction of sp³-hybridized carbons (Fsp3) is 0.312. The zero-order chi connectivity index (χ0) is 18.2. The molecular weight excluding hydrogens is 346 g/mol. The molecule has 1 atom stereocenters. The molecule has 1 saturated heterocycles. The number of carboxylic acid groups (broad SMARTS) is 1. The Bertz CT molecular complexity index is 935. The monoisotopic (exact) mass is 363 g/mol. The number of aliphatic carboxylic acids is 1. The van der Waals surface area contributed by atoms with Gasteiger partial charge in [0.25, 0.3) is 5.91 Å². The molecule has 1 N–H and O–H groups in total. The van der Waals surface area contributed by atoms with Crippen molar-refractivity contribution in [1.29, 1.82) is 0 Å². The van der Waals surface area contributed by atoms with Crippen LogP contribution in [0.15, 0.2) is 41.6 Å². The Morgan fingerprint density at radius 2 is 2.00 bits per heavy atom. The number of rotatable bonds is 4. The largest absolute Gasteiger partial charge is 0.480 e. The second kappa shape index (κ2) is 6.32. The van der Waals surface area contributed by atoms with E-state index in [4.69, 9.17) is 0 Å². The first kappa shape index (κ1) is 17.2. The molecular formula is C16H17N3O5S. The maximum atomic E-state index is 12.6. The van der Waals surface area contributed by atoms with Gasteiger partial charge in [0.15, 0.2) is 9.84 Å². The van der Waals surface area contributed by atoms with E-state index in [0.29, 0.717) is 25.1 Å². The van der Waals surface area contributed by atoms with Gasteiger partial charge >= 0.3 is 5.97 Å². The van der Waals surface area contributed by atoms with Gasteiger partial charge in [-0.25, -0.2) is 17.9 Å². The molecule has 1 amide bonds. The number of likely N-dealkylation sites (tertiary alicyclic amines) is 1. The fourth-order valence-electron chi connectivity index (χ4n) is 2.96. The van der Waals surface area contributed by atoms with Crippen LogP contribution in [0.2, 0.25) is 0 Å². The van der Waals surface area contributed by atoms with Crippen molar-refractivity contribution < 1.29 is 23.1 Å². The maximum Gasteiger partial charge on any atom is 0.326 e. The number of hydrogen-bond donors (Lipinski definition) is 1. The van der Waals surface area contributed by atoms with Crippen molar-refractivity contribution in [3.63, 3.8) is 0 Å². The summed E-state index contributed by atoms with van der Waals surface area (Å²) in [4.78, 5) is 25.2. The van der Waals surface area contributed by atoms with E-state index in [9.17, 15) is 23.1 Å². The standard InChI is InChI=1S/C16H17N3O5S/c1-25(23,24)14-7-3-2-5-12(14)19-10-11(9-17-19)15(20)18-8-4-6-13(18)16(21)22/h2-3,5,7,9-10,13H,4,6,8H2,1H3,(H,21,22)/t13-/m1/s1. The van der Waals surface area contributed by atoms with Crippen LogP contribution in [0.25, 0.3) is 5.69 Å². The van der Waals surface area contributed by atoms with Gasteiger partial charge in [-0.1, -0.05) is 12.1 Å². The summed E-state index contributed by atoms with van der Waals surface area (Å²) in [6, 6.07) is 5.51. The lowest BCUT2D eigenvalue weighted by molar-refractivity contribution is -0.141. The number of carbonyl (C=O) groups is 2. The van der Waals surface area contributed by atoms with Crippen LogP contribution >= 0.6 is 0 Å². The van der Waals surface area contributed by atoms with Gasteiger partial charge in [0.2, 0.25) is 0 Å². The summed E-state index contributed by atoms with van der Waals surface area (Å²) in [5.74, 6) is -1.45. The molecule has 2 aromatic rings. The van der Waals surface area contributed by atoms with E-state index in [-0.39, 0.29) is 10.5 Å². The molecule has 0 aliphatic carbocycles. The zero-order valence-corrected chi connectivity index (χ0v) is 14.3. The van der Waals surface area contributed by atoms with E-state index < -0.39 is 27.8 Å². The Morgan fingerprint density at radius 3 is 2.68 bits per heavy atom. The molecule has 132 valence electrons. The molecule has 8 nitrogen and oxygen atoms in total. The zero-order valence-electron chi connectivity index (χ0n) is 13.5. The molecule has 2 heterocycles. The van der Waals surface area contributed by atoms with Crippen LogP contribution in [0.3, 0.4) is 0 Å². The molecule has 1 aromatic carbocycles. The number of benzene rings is 1. The summed E-state index contributed by atoms with van der Waals surface area (Å²) in [5, 5.41) is 13.3. The number of hydrogen-bond acceptors (Lipinski definition) is 5. The van der Waals surface area contributed by atoms with Gasteiger partial charge in [0.1, 0.15) is 6.04 Å². The van der Waals surface area contributed by atoms with Crippen LogP contribution in [-0.4, -0.2) is 58.9 Å². The molecule has 0 spiro atoms. The topological polar surface area (TPSA) is 110 Å². The van der Waals surface area contributed by atoms with E-state index in [1.807, 2.05) is 0 Å². The van der Waals surface area contributed by atoms with E-state index >= 15 is 0 Å². The third-order valence-corrected chi connectivity index (χ3v) is 5.28. The molecule has 1 fully saturated rings. The summed E-state index contributed by atoms with van der Waals surface area (Å²) >= 11 is 0. The summed E-state index contributed by atoms with van der Waals surface area (Å²) in [7, 11) is -3.46. The van der Waals surface area contributed by atoms with Crippen LogP contribution < -0.4 is 0 Å². The van der Waals surface area contributed by atoms with E-state index in [2.05, 4.69) is 5.10 Å². The third kappa shape index (κ3) is 3.27. The molecule has 1 aliphatic rings. The molecule has 1 aliphatic heterocycles. The number of para-hydroxylation sites is 1. The van der Waals surface area contributed by atoms with Crippen molar-refractivity contribution in [3.05, 3.63) is 42.2 Å².